The summed E-state index contributed by atoms with van der Waals surface area (Å²) in [7, 11) is 0. The zero-order valence-electron chi connectivity index (χ0n) is 23.7. The van der Waals surface area contributed by atoms with Crippen LogP contribution < -0.4 is 0 Å². The maximum Gasteiger partial charge on any atom is -0.0391 e. The van der Waals surface area contributed by atoms with E-state index >= 15 is 0 Å². The third-order valence-corrected chi connectivity index (χ3v) is 8.05. The van der Waals surface area contributed by atoms with Gasteiger partial charge in [-0.15, -0.1) is 0 Å². The van der Waals surface area contributed by atoms with Gasteiger partial charge in [0.05, 0.1) is 0 Å². The summed E-state index contributed by atoms with van der Waals surface area (Å²) < 4.78 is 0. The molecule has 2 aliphatic carbocycles. The smallest absolute Gasteiger partial charge is 0.0391 e. The van der Waals surface area contributed by atoms with Crippen LogP contribution in [0.4, 0.5) is 0 Å². The highest BCUT2D eigenvalue weighted by Crippen LogP contribution is 2.30. The highest BCUT2D eigenvalue weighted by molar-refractivity contribution is 4.69. The predicted octanol–water partition coefficient (Wildman–Crippen LogP) is 11.0. The van der Waals surface area contributed by atoms with Crippen LogP contribution in [0.3, 0.4) is 0 Å². The second-order valence-electron chi connectivity index (χ2n) is 12.0. The molecule has 2 aliphatic rings. The van der Waals surface area contributed by atoms with Gasteiger partial charge in [0, 0.05) is 0 Å². The highest BCUT2D eigenvalue weighted by Gasteiger charge is 2.17. The molecule has 0 radical (unpaired) electrons. The van der Waals surface area contributed by atoms with Gasteiger partial charge in [-0.25, -0.2) is 0 Å². The normalized spacial score (nSPS) is 18.7. The molecule has 0 aliphatic heterocycles. The van der Waals surface area contributed by atoms with Gasteiger partial charge in [-0.2, -0.15) is 0 Å². The Hall–Kier alpha value is 0. The maximum absolute atomic E-state index is 2.36. The molecule has 0 amide bonds. The molecule has 0 N–H and O–H groups in total. The molecule has 0 heterocycles. The number of hydrogen-bond donors (Lipinski definition) is 0. The van der Waals surface area contributed by atoms with Crippen LogP contribution in [0.2, 0.25) is 0 Å². The van der Waals surface area contributed by atoms with Gasteiger partial charge >= 0.3 is 0 Å². The lowest BCUT2D eigenvalue weighted by Crippen LogP contribution is -2.12. The lowest BCUT2D eigenvalue weighted by molar-refractivity contribution is 0.279. The first-order chi connectivity index (χ1) is 13.9. The molecule has 0 nitrogen and oxygen atoms in total. The van der Waals surface area contributed by atoms with Crippen molar-refractivity contribution >= 4 is 0 Å². The van der Waals surface area contributed by atoms with E-state index in [1.165, 1.54) is 64.2 Å². The third-order valence-electron chi connectivity index (χ3n) is 8.05. The summed E-state index contributed by atoms with van der Waals surface area (Å²) in [6.45, 7) is 27.4. The summed E-state index contributed by atoms with van der Waals surface area (Å²) in [5, 5.41) is 0. The van der Waals surface area contributed by atoms with Crippen molar-refractivity contribution in [1.29, 1.82) is 0 Å². The van der Waals surface area contributed by atoms with Crippen molar-refractivity contribution < 1.29 is 0 Å². The molecule has 0 aromatic carbocycles. The van der Waals surface area contributed by atoms with Crippen molar-refractivity contribution in [3.63, 3.8) is 0 Å². The fourth-order valence-corrected chi connectivity index (χ4v) is 3.90. The van der Waals surface area contributed by atoms with Crippen LogP contribution in [-0.4, -0.2) is 0 Å². The molecule has 2 saturated carbocycles. The summed E-state index contributed by atoms with van der Waals surface area (Å²) in [4.78, 5) is 0. The van der Waals surface area contributed by atoms with E-state index in [1.54, 1.807) is 0 Å². The van der Waals surface area contributed by atoms with Crippen molar-refractivity contribution in [1.82, 2.24) is 0 Å². The van der Waals surface area contributed by atoms with Crippen LogP contribution in [-0.2, 0) is 0 Å². The van der Waals surface area contributed by atoms with E-state index < -0.39 is 0 Å². The van der Waals surface area contributed by atoms with Crippen molar-refractivity contribution in [3.05, 3.63) is 0 Å². The number of hydrogen-bond acceptors (Lipinski definition) is 0. The van der Waals surface area contributed by atoms with E-state index in [0.29, 0.717) is 0 Å². The van der Waals surface area contributed by atoms with Gasteiger partial charge in [-0.05, 0) is 47.3 Å². The fraction of sp³-hybridized carbons (Fsp3) is 1.00. The third kappa shape index (κ3) is 18.7. The lowest BCUT2D eigenvalue weighted by Gasteiger charge is -2.24. The summed E-state index contributed by atoms with van der Waals surface area (Å²) in [5.74, 6) is 7.47. The molecule has 0 saturated heterocycles. The molecule has 184 valence electrons. The summed E-state index contributed by atoms with van der Waals surface area (Å²) in [6, 6.07) is 0. The molecular weight excluding hydrogens is 360 g/mol. The Morgan fingerprint density at radius 2 is 0.767 bits per heavy atom. The van der Waals surface area contributed by atoms with E-state index in [2.05, 4.69) is 83.1 Å². The molecule has 0 bridgehead atoms. The Bertz CT molecular complexity index is 318. The summed E-state index contributed by atoms with van der Waals surface area (Å²) in [6.07, 6.45) is 14.8. The molecule has 1 unspecified atom stereocenters. The van der Waals surface area contributed by atoms with E-state index in [1.807, 2.05) is 0 Å². The van der Waals surface area contributed by atoms with Gasteiger partial charge < -0.3 is 0 Å². The fourth-order valence-electron chi connectivity index (χ4n) is 3.90. The zero-order valence-corrected chi connectivity index (χ0v) is 23.7. The first-order valence-electron chi connectivity index (χ1n) is 13.9. The van der Waals surface area contributed by atoms with Crippen molar-refractivity contribution in [2.75, 3.05) is 0 Å². The molecule has 1 atom stereocenters. The average Bonchev–Trinajstić information content (AvgIpc) is 3.24. The van der Waals surface area contributed by atoms with Crippen LogP contribution in [0.5, 0.6) is 0 Å². The standard InChI is InChI=1S/C9H18.C8H16.C7H16.C6H14/c1-8(2)9-6-4-3-5-7-9;1-7(2)8-5-3-4-6-8;1-5-7(4)6(2)3;1-5(2)6(3)4/h8-9H,3-7H2,1-2H3;7-8H,3-6H2,1-2H3;6-7H,5H2,1-4H3;5-6H,1-4H3. The van der Waals surface area contributed by atoms with Crippen LogP contribution in [0, 0.1) is 47.3 Å². The summed E-state index contributed by atoms with van der Waals surface area (Å²) >= 11 is 0. The van der Waals surface area contributed by atoms with Crippen LogP contribution in [0.25, 0.3) is 0 Å². The van der Waals surface area contributed by atoms with Gasteiger partial charge in [0.25, 0.3) is 0 Å². The van der Waals surface area contributed by atoms with E-state index in [0.717, 1.165) is 47.3 Å². The van der Waals surface area contributed by atoms with Crippen LogP contribution in [0.1, 0.15) is 147 Å². The van der Waals surface area contributed by atoms with Crippen LogP contribution >= 0.6 is 0 Å². The Balaban J connectivity index is 0. The minimum atomic E-state index is 0.852. The monoisotopic (exact) mass is 425 g/mol. The summed E-state index contributed by atoms with van der Waals surface area (Å²) in [5.41, 5.74) is 0. The first-order valence-corrected chi connectivity index (χ1v) is 13.9. The highest BCUT2D eigenvalue weighted by atomic mass is 14.2. The molecule has 0 aromatic heterocycles. The molecular formula is C30H64. The zero-order chi connectivity index (χ0) is 23.7. The predicted molar refractivity (Wildman–Crippen MR) is 142 cm³/mol. The van der Waals surface area contributed by atoms with Gasteiger partial charge in [0.1, 0.15) is 0 Å². The minimum Gasteiger partial charge on any atom is -0.0651 e. The molecule has 2 fully saturated rings. The Morgan fingerprint density at radius 1 is 0.467 bits per heavy atom. The largest absolute Gasteiger partial charge is 0.0651 e. The van der Waals surface area contributed by atoms with Gasteiger partial charge in [-0.3, -0.25) is 0 Å². The second-order valence-corrected chi connectivity index (χ2v) is 12.0. The molecule has 0 heteroatoms. The van der Waals surface area contributed by atoms with Gasteiger partial charge in [0.15, 0.2) is 0 Å². The molecule has 0 aromatic rings. The van der Waals surface area contributed by atoms with E-state index in [-0.39, 0.29) is 0 Å². The van der Waals surface area contributed by atoms with Gasteiger partial charge in [-0.1, -0.05) is 147 Å². The maximum atomic E-state index is 2.36. The average molecular weight is 425 g/mol. The van der Waals surface area contributed by atoms with Crippen molar-refractivity contribution in [2.45, 2.75) is 147 Å². The molecule has 0 spiro atoms. The second kappa shape index (κ2) is 19.7. The minimum absolute atomic E-state index is 0.852. The van der Waals surface area contributed by atoms with Crippen LogP contribution in [0.15, 0.2) is 0 Å². The molecule has 30 heavy (non-hydrogen) atoms. The Kier molecular flexibility index (Phi) is 21.1. The van der Waals surface area contributed by atoms with E-state index in [4.69, 9.17) is 0 Å². The van der Waals surface area contributed by atoms with Gasteiger partial charge in [0.2, 0.25) is 0 Å². The SMILES string of the molecule is CC(C)C(C)C.CC(C)C1CCCC1.CC(C)C1CCCCC1.CCC(C)C(C)C. The molecule has 2 rings (SSSR count). The number of rotatable bonds is 5. The topological polar surface area (TPSA) is 0 Å². The van der Waals surface area contributed by atoms with E-state index in [9.17, 15) is 0 Å². The van der Waals surface area contributed by atoms with Crippen molar-refractivity contribution in [2.24, 2.45) is 47.3 Å². The quantitative estimate of drug-likeness (QED) is 0.411. The Labute approximate surface area is 194 Å². The lowest BCUT2D eigenvalue weighted by atomic mass is 9.82. The first kappa shape index (κ1) is 32.2. The van der Waals surface area contributed by atoms with Crippen molar-refractivity contribution in [3.8, 4) is 0 Å². The Morgan fingerprint density at radius 3 is 0.900 bits per heavy atom.